The van der Waals surface area contributed by atoms with Crippen molar-refractivity contribution in [3.63, 3.8) is 0 Å². The number of benzene rings is 2. The summed E-state index contributed by atoms with van der Waals surface area (Å²) >= 11 is 19.0. The summed E-state index contributed by atoms with van der Waals surface area (Å²) < 4.78 is 30.7. The summed E-state index contributed by atoms with van der Waals surface area (Å²) in [5.41, 5.74) is 4.61. The third-order valence-corrected chi connectivity index (χ3v) is 9.77. The van der Waals surface area contributed by atoms with Crippen LogP contribution in [0.3, 0.4) is 0 Å². The summed E-state index contributed by atoms with van der Waals surface area (Å²) in [6.07, 6.45) is 9.86. The van der Waals surface area contributed by atoms with Gasteiger partial charge in [0.05, 0.1) is 22.1 Å². The molecule has 1 fully saturated rings. The molecule has 1 unspecified atom stereocenters. The predicted octanol–water partition coefficient (Wildman–Crippen LogP) is 7.96. The van der Waals surface area contributed by atoms with Crippen molar-refractivity contribution in [2.45, 2.75) is 70.3 Å². The minimum absolute atomic E-state index is 0.0943. The smallest absolute Gasteiger partial charge is 0.234 e. The molecule has 1 aromatic heterocycles. The van der Waals surface area contributed by atoms with Gasteiger partial charge in [0, 0.05) is 33.0 Å². The highest BCUT2D eigenvalue weighted by Gasteiger charge is 2.32. The highest BCUT2D eigenvalue weighted by molar-refractivity contribution is 7.92. The van der Waals surface area contributed by atoms with Gasteiger partial charge in [-0.2, -0.15) is 5.10 Å². The molecule has 1 heterocycles. The number of nitrogens with zero attached hydrogens (tertiary/aromatic N) is 2. The van der Waals surface area contributed by atoms with E-state index in [0.717, 1.165) is 54.6 Å². The lowest BCUT2D eigenvalue weighted by Gasteiger charge is -2.27. The maximum atomic E-state index is 13.0. The van der Waals surface area contributed by atoms with E-state index < -0.39 is 10.0 Å². The molecule has 5 nitrogen and oxygen atoms in total. The molecule has 2 aromatic carbocycles. The van der Waals surface area contributed by atoms with Crippen molar-refractivity contribution >= 4 is 50.9 Å². The Bertz CT molecular complexity index is 1450. The Balaban J connectivity index is 1.46. The van der Waals surface area contributed by atoms with Gasteiger partial charge in [0.15, 0.2) is 0 Å². The lowest BCUT2D eigenvalue weighted by molar-refractivity contribution is 0.303. The molecule has 0 saturated heterocycles. The van der Waals surface area contributed by atoms with E-state index in [1.54, 1.807) is 18.2 Å². The van der Waals surface area contributed by atoms with Crippen LogP contribution in [0.4, 0.5) is 0 Å². The Morgan fingerprint density at radius 1 is 1.05 bits per heavy atom. The Hall–Kier alpha value is -1.83. The standard InChI is InChI=1S/C29H32Cl3N3O2S/c1-19(21-7-3-2-4-8-21)34-38(36,37)15-14-27-25-12-10-22(16-20-6-5-9-23(30)17-20)29(25)35(33-27)28-13-11-24(31)18-26(28)32/h5-6,9,11,13-15,17-19,21-22,34H,2-4,7-8,10,12,16H2,1H3/b15-14+/t19-,22?/m0/s1. The van der Waals surface area contributed by atoms with Crippen LogP contribution in [0.25, 0.3) is 11.8 Å². The number of hydrogen-bond acceptors (Lipinski definition) is 3. The van der Waals surface area contributed by atoms with Crippen LogP contribution in [0.2, 0.25) is 15.1 Å². The molecule has 2 atom stereocenters. The van der Waals surface area contributed by atoms with Crippen LogP contribution in [0.5, 0.6) is 0 Å². The molecule has 0 amide bonds. The van der Waals surface area contributed by atoms with E-state index in [1.807, 2.05) is 35.9 Å². The second-order valence-electron chi connectivity index (χ2n) is 10.5. The summed E-state index contributed by atoms with van der Waals surface area (Å²) in [4.78, 5) is 0. The van der Waals surface area contributed by atoms with E-state index in [9.17, 15) is 8.42 Å². The van der Waals surface area contributed by atoms with E-state index in [1.165, 1.54) is 24.7 Å². The number of sulfonamides is 1. The molecule has 1 saturated carbocycles. The summed E-state index contributed by atoms with van der Waals surface area (Å²) in [7, 11) is -3.62. The molecule has 5 rings (SSSR count). The molecule has 3 aromatic rings. The first-order valence-corrected chi connectivity index (χ1v) is 15.9. The molecule has 202 valence electrons. The third kappa shape index (κ3) is 6.31. The second-order valence-corrected chi connectivity index (χ2v) is 13.4. The minimum Gasteiger partial charge on any atom is -0.235 e. The second kappa shape index (κ2) is 11.7. The van der Waals surface area contributed by atoms with Crippen LogP contribution in [-0.4, -0.2) is 24.2 Å². The van der Waals surface area contributed by atoms with Gasteiger partial charge < -0.3 is 0 Å². The Kier molecular flexibility index (Phi) is 8.56. The SMILES string of the molecule is C[C@H](NS(=O)(=O)/C=C/c1nn(-c2ccc(Cl)cc2Cl)c2c1CCC2Cc1cccc(Cl)c1)C1CCCCC1. The number of halogens is 3. The predicted molar refractivity (Wildman–Crippen MR) is 157 cm³/mol. The van der Waals surface area contributed by atoms with Crippen LogP contribution in [0.15, 0.2) is 47.9 Å². The maximum Gasteiger partial charge on any atom is 0.234 e. The van der Waals surface area contributed by atoms with Gasteiger partial charge in [-0.05, 0) is 86.9 Å². The van der Waals surface area contributed by atoms with Crippen molar-refractivity contribution in [2.24, 2.45) is 5.92 Å². The van der Waals surface area contributed by atoms with Crippen molar-refractivity contribution in [3.8, 4) is 5.69 Å². The van der Waals surface area contributed by atoms with Crippen LogP contribution < -0.4 is 4.72 Å². The van der Waals surface area contributed by atoms with Gasteiger partial charge in [-0.25, -0.2) is 17.8 Å². The van der Waals surface area contributed by atoms with Gasteiger partial charge in [0.2, 0.25) is 10.0 Å². The fraction of sp³-hybridized carbons (Fsp3) is 0.414. The average molecular weight is 593 g/mol. The van der Waals surface area contributed by atoms with E-state index >= 15 is 0 Å². The van der Waals surface area contributed by atoms with Crippen LogP contribution in [0.1, 0.15) is 73.9 Å². The molecule has 2 aliphatic rings. The summed E-state index contributed by atoms with van der Waals surface area (Å²) in [6.45, 7) is 1.97. The Morgan fingerprint density at radius 2 is 1.82 bits per heavy atom. The van der Waals surface area contributed by atoms with Crippen molar-refractivity contribution in [2.75, 3.05) is 0 Å². The molecule has 38 heavy (non-hydrogen) atoms. The third-order valence-electron chi connectivity index (χ3n) is 7.81. The molecule has 0 aliphatic heterocycles. The molecular weight excluding hydrogens is 561 g/mol. The number of aromatic nitrogens is 2. The van der Waals surface area contributed by atoms with Crippen molar-refractivity contribution in [3.05, 3.63) is 85.5 Å². The molecule has 0 spiro atoms. The summed E-state index contributed by atoms with van der Waals surface area (Å²) in [5, 5.41) is 7.85. The maximum absolute atomic E-state index is 13.0. The van der Waals surface area contributed by atoms with Gasteiger partial charge in [-0.1, -0.05) is 66.2 Å². The monoisotopic (exact) mass is 591 g/mol. The van der Waals surface area contributed by atoms with E-state index in [4.69, 9.17) is 39.9 Å². The van der Waals surface area contributed by atoms with E-state index in [2.05, 4.69) is 10.8 Å². The fourth-order valence-corrected chi connectivity index (χ4v) is 7.71. The molecule has 9 heteroatoms. The van der Waals surface area contributed by atoms with Crippen LogP contribution in [0, 0.1) is 5.92 Å². The van der Waals surface area contributed by atoms with E-state index in [0.29, 0.717) is 26.7 Å². The lowest BCUT2D eigenvalue weighted by Crippen LogP contribution is -2.37. The minimum atomic E-state index is -3.62. The van der Waals surface area contributed by atoms with Gasteiger partial charge in [0.1, 0.15) is 0 Å². The Labute approximate surface area is 240 Å². The molecule has 0 radical (unpaired) electrons. The quantitative estimate of drug-likeness (QED) is 0.289. The zero-order valence-electron chi connectivity index (χ0n) is 21.3. The average Bonchev–Trinajstić information content (AvgIpc) is 3.44. The zero-order chi connectivity index (χ0) is 26.9. The summed E-state index contributed by atoms with van der Waals surface area (Å²) in [5.74, 6) is 0.570. The zero-order valence-corrected chi connectivity index (χ0v) is 24.4. The van der Waals surface area contributed by atoms with Gasteiger partial charge in [-0.3, -0.25) is 0 Å². The van der Waals surface area contributed by atoms with Crippen molar-refractivity contribution in [1.29, 1.82) is 0 Å². The first-order valence-electron chi connectivity index (χ1n) is 13.2. The molecule has 1 N–H and O–H groups in total. The normalized spacial score (nSPS) is 19.2. The largest absolute Gasteiger partial charge is 0.235 e. The highest BCUT2D eigenvalue weighted by atomic mass is 35.5. The topological polar surface area (TPSA) is 64.0 Å². The molecule has 2 aliphatic carbocycles. The van der Waals surface area contributed by atoms with Crippen molar-refractivity contribution < 1.29 is 8.42 Å². The first-order chi connectivity index (χ1) is 18.2. The van der Waals surface area contributed by atoms with Crippen LogP contribution >= 0.6 is 34.8 Å². The number of fused-ring (bicyclic) bond motifs is 1. The van der Waals surface area contributed by atoms with Gasteiger partial charge in [0.25, 0.3) is 0 Å². The number of hydrogen-bond donors (Lipinski definition) is 1. The fourth-order valence-electron chi connectivity index (χ4n) is 5.91. The Morgan fingerprint density at radius 3 is 2.55 bits per heavy atom. The van der Waals surface area contributed by atoms with E-state index in [-0.39, 0.29) is 12.0 Å². The first kappa shape index (κ1) is 27.7. The number of rotatable bonds is 8. The molecular formula is C29H32Cl3N3O2S. The van der Waals surface area contributed by atoms with Gasteiger partial charge in [-0.15, -0.1) is 0 Å². The van der Waals surface area contributed by atoms with Crippen LogP contribution in [-0.2, 0) is 22.9 Å². The molecule has 0 bridgehead atoms. The lowest BCUT2D eigenvalue weighted by atomic mass is 9.85. The highest BCUT2D eigenvalue weighted by Crippen LogP contribution is 2.40. The number of nitrogens with one attached hydrogen (secondary N) is 1. The van der Waals surface area contributed by atoms with Gasteiger partial charge >= 0.3 is 0 Å². The van der Waals surface area contributed by atoms with Crippen molar-refractivity contribution in [1.82, 2.24) is 14.5 Å². The summed E-state index contributed by atoms with van der Waals surface area (Å²) in [6, 6.07) is 13.1.